The Morgan fingerprint density at radius 3 is 2.87 bits per heavy atom. The number of anilines is 1. The van der Waals surface area contributed by atoms with Crippen molar-refractivity contribution in [1.29, 1.82) is 0 Å². The lowest BCUT2D eigenvalue weighted by atomic mass is 10.1. The van der Waals surface area contributed by atoms with Crippen molar-refractivity contribution in [3.05, 3.63) is 70.7 Å². The summed E-state index contributed by atoms with van der Waals surface area (Å²) in [5.41, 5.74) is 1.89. The highest BCUT2D eigenvalue weighted by Crippen LogP contribution is 2.27. The lowest BCUT2D eigenvalue weighted by molar-refractivity contribution is 0.104. The zero-order valence-corrected chi connectivity index (χ0v) is 16.9. The molecule has 0 bridgehead atoms. The van der Waals surface area contributed by atoms with Crippen molar-refractivity contribution in [2.75, 3.05) is 17.6 Å². The molecule has 0 fully saturated rings. The van der Waals surface area contributed by atoms with E-state index in [4.69, 9.17) is 16.3 Å². The molecule has 0 radical (unpaired) electrons. The summed E-state index contributed by atoms with van der Waals surface area (Å²) in [6.07, 6.45) is 1.85. The van der Waals surface area contributed by atoms with Crippen molar-refractivity contribution in [2.24, 2.45) is 0 Å². The number of halogens is 2. The summed E-state index contributed by atoms with van der Waals surface area (Å²) in [5.74, 6) is -0.101. The molecule has 0 aliphatic rings. The lowest BCUT2D eigenvalue weighted by Crippen LogP contribution is -2.23. The van der Waals surface area contributed by atoms with Gasteiger partial charge in [0.05, 0.1) is 33.9 Å². The maximum Gasteiger partial charge on any atom is 0.443 e. The van der Waals surface area contributed by atoms with Crippen LogP contribution in [0.4, 0.5) is 15.0 Å². The van der Waals surface area contributed by atoms with Gasteiger partial charge in [0.1, 0.15) is 6.61 Å². The molecule has 152 valence electrons. The van der Waals surface area contributed by atoms with E-state index in [2.05, 4.69) is 10.1 Å². The minimum atomic E-state index is -1.16. The van der Waals surface area contributed by atoms with E-state index < -0.39 is 6.09 Å². The SMILES string of the molecule is O=C(c1cccs1)c1cnn2c(-c3cccc(N(F)C(=O)OCCCl)c3)ccnc12. The maximum atomic E-state index is 14.4. The van der Waals surface area contributed by atoms with Gasteiger partial charge in [0.25, 0.3) is 0 Å². The van der Waals surface area contributed by atoms with Crippen LogP contribution in [0, 0.1) is 0 Å². The molecule has 0 aliphatic carbocycles. The lowest BCUT2D eigenvalue weighted by Gasteiger charge is -2.13. The normalized spacial score (nSPS) is 10.9. The quantitative estimate of drug-likeness (QED) is 0.243. The Bertz CT molecular complexity index is 1210. The number of aromatic nitrogens is 3. The third-order valence-corrected chi connectivity index (χ3v) is 5.25. The minimum absolute atomic E-state index is 0.0147. The Labute approximate surface area is 179 Å². The molecule has 7 nitrogen and oxygen atoms in total. The molecular formula is C20H14ClFN4O3S. The molecule has 4 aromatic rings. The summed E-state index contributed by atoms with van der Waals surface area (Å²) in [7, 11) is 0. The maximum absolute atomic E-state index is 14.4. The molecular weight excluding hydrogens is 431 g/mol. The van der Waals surface area contributed by atoms with Crippen LogP contribution in [0.3, 0.4) is 0 Å². The van der Waals surface area contributed by atoms with Crippen LogP contribution in [0.5, 0.6) is 0 Å². The largest absolute Gasteiger partial charge is 0.446 e. The van der Waals surface area contributed by atoms with Crippen molar-refractivity contribution in [3.63, 3.8) is 0 Å². The molecule has 30 heavy (non-hydrogen) atoms. The predicted molar refractivity (Wildman–Crippen MR) is 112 cm³/mol. The van der Waals surface area contributed by atoms with Crippen LogP contribution < -0.4 is 5.12 Å². The van der Waals surface area contributed by atoms with Crippen LogP contribution in [0.25, 0.3) is 16.9 Å². The molecule has 0 aliphatic heterocycles. The van der Waals surface area contributed by atoms with Gasteiger partial charge in [-0.3, -0.25) is 4.79 Å². The number of carbonyl (C=O) groups excluding carboxylic acids is 2. The fraction of sp³-hybridized carbons (Fsp3) is 0.100. The molecule has 10 heteroatoms. The summed E-state index contributed by atoms with van der Waals surface area (Å²) in [4.78, 5) is 29.4. The first-order valence-electron chi connectivity index (χ1n) is 8.80. The molecule has 0 saturated carbocycles. The fourth-order valence-corrected chi connectivity index (χ4v) is 3.64. The van der Waals surface area contributed by atoms with E-state index in [1.807, 2.05) is 5.38 Å². The Kier molecular flexibility index (Phi) is 5.73. The number of nitrogens with zero attached hydrogens (tertiary/aromatic N) is 4. The first-order valence-corrected chi connectivity index (χ1v) is 10.2. The molecule has 4 rings (SSSR count). The van der Waals surface area contributed by atoms with E-state index in [0.717, 1.165) is 0 Å². The summed E-state index contributed by atoms with van der Waals surface area (Å²) in [5, 5.41) is 6.03. The molecule has 0 atom stereocenters. The first-order chi connectivity index (χ1) is 14.6. The number of rotatable bonds is 6. The Morgan fingerprint density at radius 2 is 2.10 bits per heavy atom. The molecule has 3 heterocycles. The topological polar surface area (TPSA) is 76.8 Å². The van der Waals surface area contributed by atoms with E-state index in [9.17, 15) is 14.1 Å². The van der Waals surface area contributed by atoms with Crippen LogP contribution in [0.15, 0.2) is 60.2 Å². The van der Waals surface area contributed by atoms with Gasteiger partial charge < -0.3 is 4.74 Å². The summed E-state index contributed by atoms with van der Waals surface area (Å²) >= 11 is 6.79. The number of ether oxygens (including phenoxy) is 1. The van der Waals surface area contributed by atoms with E-state index in [0.29, 0.717) is 27.3 Å². The summed E-state index contributed by atoms with van der Waals surface area (Å²) in [6, 6.07) is 11.5. The molecule has 0 unspecified atom stereocenters. The molecule has 3 aromatic heterocycles. The van der Waals surface area contributed by atoms with Gasteiger partial charge in [-0.1, -0.05) is 22.7 Å². The van der Waals surface area contributed by atoms with Gasteiger partial charge in [0.2, 0.25) is 5.78 Å². The standard InChI is InChI=1S/C20H14ClFN4O3S/c21-7-9-29-20(28)25(22)14-4-1-3-13(11-14)16-6-8-23-19-15(12-24-26(16)19)18(27)17-5-2-10-30-17/h1-6,8,10-12H,7,9H2. The molecule has 1 aromatic carbocycles. The third-order valence-electron chi connectivity index (χ3n) is 4.22. The van der Waals surface area contributed by atoms with Gasteiger partial charge >= 0.3 is 6.09 Å². The van der Waals surface area contributed by atoms with Crippen molar-refractivity contribution in [2.45, 2.75) is 0 Å². The Balaban J connectivity index is 1.71. The second-order valence-electron chi connectivity index (χ2n) is 6.06. The van der Waals surface area contributed by atoms with E-state index in [1.165, 1.54) is 34.2 Å². The van der Waals surface area contributed by atoms with Gasteiger partial charge in [0, 0.05) is 11.8 Å². The predicted octanol–water partition coefficient (Wildman–Crippen LogP) is 4.76. The molecule has 1 amide bonds. The van der Waals surface area contributed by atoms with E-state index >= 15 is 0 Å². The molecule has 0 spiro atoms. The number of hydrogen-bond donors (Lipinski definition) is 0. The highest BCUT2D eigenvalue weighted by atomic mass is 35.5. The van der Waals surface area contributed by atoms with Gasteiger partial charge in [-0.2, -0.15) is 5.10 Å². The van der Waals surface area contributed by atoms with Gasteiger partial charge in [-0.15, -0.1) is 28.1 Å². The summed E-state index contributed by atoms with van der Waals surface area (Å²) in [6.45, 7) is -0.0974. The van der Waals surface area contributed by atoms with Crippen molar-refractivity contribution < 1.29 is 18.8 Å². The highest BCUT2D eigenvalue weighted by molar-refractivity contribution is 7.12. The number of hydrogen-bond acceptors (Lipinski definition) is 6. The second-order valence-corrected chi connectivity index (χ2v) is 7.39. The number of amides is 1. The van der Waals surface area contributed by atoms with Crippen LogP contribution in [0.2, 0.25) is 0 Å². The zero-order valence-electron chi connectivity index (χ0n) is 15.4. The van der Waals surface area contributed by atoms with Crippen LogP contribution >= 0.6 is 22.9 Å². The average Bonchev–Trinajstić information content (AvgIpc) is 3.46. The van der Waals surface area contributed by atoms with Crippen molar-refractivity contribution in [1.82, 2.24) is 14.6 Å². The van der Waals surface area contributed by atoms with Crippen LogP contribution in [-0.4, -0.2) is 39.0 Å². The van der Waals surface area contributed by atoms with Gasteiger partial charge in [0.15, 0.2) is 5.65 Å². The minimum Gasteiger partial charge on any atom is -0.446 e. The monoisotopic (exact) mass is 444 g/mol. The van der Waals surface area contributed by atoms with Gasteiger partial charge in [-0.25, -0.2) is 14.3 Å². The van der Waals surface area contributed by atoms with E-state index in [1.54, 1.807) is 36.5 Å². The van der Waals surface area contributed by atoms with Crippen molar-refractivity contribution >= 4 is 46.1 Å². The number of ketones is 1. The Hall–Kier alpha value is -3.30. The number of carbonyl (C=O) groups is 2. The fourth-order valence-electron chi connectivity index (χ4n) is 2.89. The van der Waals surface area contributed by atoms with E-state index in [-0.39, 0.29) is 29.1 Å². The smallest absolute Gasteiger partial charge is 0.443 e. The van der Waals surface area contributed by atoms with Gasteiger partial charge in [-0.05, 0) is 29.6 Å². The summed E-state index contributed by atoms with van der Waals surface area (Å²) < 4.78 is 20.6. The first kappa shape index (κ1) is 20.0. The molecule has 0 N–H and O–H groups in total. The molecule has 0 saturated heterocycles. The zero-order chi connectivity index (χ0) is 21.1. The number of fused-ring (bicyclic) bond motifs is 1. The van der Waals surface area contributed by atoms with Crippen molar-refractivity contribution in [3.8, 4) is 11.3 Å². The number of thiophene rings is 1. The van der Waals surface area contributed by atoms with Crippen LogP contribution in [0.1, 0.15) is 15.2 Å². The van der Waals surface area contributed by atoms with Crippen LogP contribution in [-0.2, 0) is 4.74 Å². The second kappa shape index (κ2) is 8.60. The highest BCUT2D eigenvalue weighted by Gasteiger charge is 2.20. The number of alkyl halides is 1. The Morgan fingerprint density at radius 1 is 1.23 bits per heavy atom. The third kappa shape index (κ3) is 3.77. The number of benzene rings is 1. The average molecular weight is 445 g/mol.